The van der Waals surface area contributed by atoms with Gasteiger partial charge >= 0.3 is 5.97 Å². The Morgan fingerprint density at radius 2 is 2.20 bits per heavy atom. The van der Waals surface area contributed by atoms with Gasteiger partial charge in [-0.3, -0.25) is 0 Å². The summed E-state index contributed by atoms with van der Waals surface area (Å²) in [6.45, 7) is 0.238. The van der Waals surface area contributed by atoms with Crippen molar-refractivity contribution in [2.75, 3.05) is 5.32 Å². The zero-order chi connectivity index (χ0) is 14.5. The van der Waals surface area contributed by atoms with Crippen molar-refractivity contribution < 1.29 is 14.3 Å². The van der Waals surface area contributed by atoms with Crippen LogP contribution in [0.4, 0.5) is 10.1 Å². The third kappa shape index (κ3) is 3.09. The normalized spacial score (nSPS) is 9.80. The van der Waals surface area contributed by atoms with E-state index in [0.29, 0.717) is 11.4 Å². The van der Waals surface area contributed by atoms with Gasteiger partial charge in [-0.2, -0.15) is 5.26 Å². The highest BCUT2D eigenvalue weighted by molar-refractivity contribution is 5.85. The molecule has 1 aromatic carbocycles. The number of carbonyl (C=O) groups is 1. The van der Waals surface area contributed by atoms with Crippen LogP contribution in [0.15, 0.2) is 36.4 Å². The number of pyridine rings is 1. The SMILES string of the molecule is N#Cc1cc(F)ccc1NCc1cccc(C(=O)O)n1. The number of nitrogens with zero attached hydrogens (tertiary/aromatic N) is 2. The fourth-order valence-corrected chi connectivity index (χ4v) is 1.65. The summed E-state index contributed by atoms with van der Waals surface area (Å²) in [6.07, 6.45) is 0. The highest BCUT2D eigenvalue weighted by Crippen LogP contribution is 2.16. The summed E-state index contributed by atoms with van der Waals surface area (Å²) in [4.78, 5) is 14.7. The second-order valence-electron chi connectivity index (χ2n) is 3.97. The molecule has 1 heterocycles. The molecule has 5 nitrogen and oxygen atoms in total. The number of hydrogen-bond donors (Lipinski definition) is 2. The summed E-state index contributed by atoms with van der Waals surface area (Å²) < 4.78 is 13.0. The van der Waals surface area contributed by atoms with Crippen molar-refractivity contribution in [3.63, 3.8) is 0 Å². The summed E-state index contributed by atoms with van der Waals surface area (Å²) in [6, 6.07) is 10.3. The maximum absolute atomic E-state index is 13.0. The molecule has 2 N–H and O–H groups in total. The smallest absolute Gasteiger partial charge is 0.354 e. The lowest BCUT2D eigenvalue weighted by Crippen LogP contribution is -2.07. The first-order valence-corrected chi connectivity index (χ1v) is 5.73. The van der Waals surface area contributed by atoms with E-state index in [1.165, 1.54) is 18.2 Å². The Kier molecular flexibility index (Phi) is 3.91. The van der Waals surface area contributed by atoms with Crippen molar-refractivity contribution in [3.8, 4) is 6.07 Å². The Labute approximate surface area is 114 Å². The molecule has 0 spiro atoms. The van der Waals surface area contributed by atoms with Gasteiger partial charge in [-0.05, 0) is 30.3 Å². The third-order valence-electron chi connectivity index (χ3n) is 2.59. The first-order chi connectivity index (χ1) is 9.60. The average molecular weight is 271 g/mol. The first kappa shape index (κ1) is 13.5. The van der Waals surface area contributed by atoms with Gasteiger partial charge in [-0.15, -0.1) is 0 Å². The molecule has 0 atom stereocenters. The Bertz CT molecular complexity index is 695. The van der Waals surface area contributed by atoms with Crippen LogP contribution in [0, 0.1) is 17.1 Å². The minimum Gasteiger partial charge on any atom is -0.477 e. The summed E-state index contributed by atoms with van der Waals surface area (Å²) in [5, 5.41) is 20.7. The van der Waals surface area contributed by atoms with Crippen LogP contribution in [0.2, 0.25) is 0 Å². The van der Waals surface area contributed by atoms with Crippen molar-refractivity contribution >= 4 is 11.7 Å². The lowest BCUT2D eigenvalue weighted by molar-refractivity contribution is 0.0690. The number of nitriles is 1. The minimum absolute atomic E-state index is 0.0519. The van der Waals surface area contributed by atoms with E-state index in [1.54, 1.807) is 12.1 Å². The van der Waals surface area contributed by atoms with Crippen LogP contribution in [0.5, 0.6) is 0 Å². The molecule has 2 rings (SSSR count). The van der Waals surface area contributed by atoms with E-state index < -0.39 is 11.8 Å². The van der Waals surface area contributed by atoms with Crippen LogP contribution < -0.4 is 5.32 Å². The van der Waals surface area contributed by atoms with Crippen molar-refractivity contribution in [2.45, 2.75) is 6.54 Å². The number of anilines is 1. The van der Waals surface area contributed by atoms with Gasteiger partial charge in [0.05, 0.1) is 23.5 Å². The lowest BCUT2D eigenvalue weighted by Gasteiger charge is -2.08. The predicted octanol–water partition coefficient (Wildman–Crippen LogP) is 2.40. The molecule has 6 heteroatoms. The van der Waals surface area contributed by atoms with Crippen molar-refractivity contribution in [2.24, 2.45) is 0 Å². The molecule has 0 saturated heterocycles. The predicted molar refractivity (Wildman–Crippen MR) is 69.6 cm³/mol. The zero-order valence-electron chi connectivity index (χ0n) is 10.3. The zero-order valence-corrected chi connectivity index (χ0v) is 10.3. The quantitative estimate of drug-likeness (QED) is 0.891. The van der Waals surface area contributed by atoms with E-state index in [-0.39, 0.29) is 17.8 Å². The molecule has 2 aromatic rings. The standard InChI is InChI=1S/C14H10FN3O2/c15-10-4-5-12(9(6-10)7-16)17-8-11-2-1-3-13(18-11)14(19)20/h1-6,17H,8H2,(H,19,20). The Hall–Kier alpha value is -2.94. The molecule has 0 radical (unpaired) electrons. The second kappa shape index (κ2) is 5.80. The van der Waals surface area contributed by atoms with E-state index in [4.69, 9.17) is 10.4 Å². The minimum atomic E-state index is -1.11. The fraction of sp³-hybridized carbons (Fsp3) is 0.0714. The number of benzene rings is 1. The van der Waals surface area contributed by atoms with Gasteiger partial charge in [0, 0.05) is 0 Å². The number of aromatic nitrogens is 1. The molecule has 20 heavy (non-hydrogen) atoms. The van der Waals surface area contributed by atoms with Crippen molar-refractivity contribution in [1.82, 2.24) is 4.98 Å². The van der Waals surface area contributed by atoms with Gasteiger partial charge in [-0.1, -0.05) is 6.07 Å². The third-order valence-corrected chi connectivity index (χ3v) is 2.59. The largest absolute Gasteiger partial charge is 0.477 e. The van der Waals surface area contributed by atoms with Crippen LogP contribution in [-0.4, -0.2) is 16.1 Å². The maximum Gasteiger partial charge on any atom is 0.354 e. The number of rotatable bonds is 4. The first-order valence-electron chi connectivity index (χ1n) is 5.73. The number of carboxylic acids is 1. The molecule has 0 unspecified atom stereocenters. The molecule has 0 aliphatic rings. The maximum atomic E-state index is 13.0. The Morgan fingerprint density at radius 3 is 2.90 bits per heavy atom. The second-order valence-corrected chi connectivity index (χ2v) is 3.97. The van der Waals surface area contributed by atoms with Gasteiger partial charge in [0.25, 0.3) is 0 Å². The van der Waals surface area contributed by atoms with Crippen LogP contribution in [0.3, 0.4) is 0 Å². The number of carboxylic acid groups (broad SMARTS) is 1. The monoisotopic (exact) mass is 271 g/mol. The molecule has 0 saturated carbocycles. The van der Waals surface area contributed by atoms with E-state index in [2.05, 4.69) is 10.3 Å². The molecule has 0 aliphatic heterocycles. The molecule has 0 amide bonds. The molecule has 0 aliphatic carbocycles. The van der Waals surface area contributed by atoms with Gasteiger partial charge in [0.1, 0.15) is 17.6 Å². The van der Waals surface area contributed by atoms with Crippen LogP contribution in [-0.2, 0) is 6.54 Å². The van der Waals surface area contributed by atoms with Gasteiger partial charge in [-0.25, -0.2) is 14.2 Å². The molecular formula is C14H10FN3O2. The van der Waals surface area contributed by atoms with E-state index in [9.17, 15) is 9.18 Å². The molecule has 1 aromatic heterocycles. The number of halogens is 1. The Balaban J connectivity index is 2.15. The molecule has 0 fully saturated rings. The fourth-order valence-electron chi connectivity index (χ4n) is 1.65. The summed E-state index contributed by atoms with van der Waals surface area (Å²) in [5.74, 6) is -1.59. The highest BCUT2D eigenvalue weighted by Gasteiger charge is 2.07. The van der Waals surface area contributed by atoms with Crippen LogP contribution in [0.1, 0.15) is 21.7 Å². The van der Waals surface area contributed by atoms with Crippen LogP contribution >= 0.6 is 0 Å². The average Bonchev–Trinajstić information content (AvgIpc) is 2.46. The van der Waals surface area contributed by atoms with Gasteiger partial charge in [0.2, 0.25) is 0 Å². The van der Waals surface area contributed by atoms with Gasteiger partial charge < -0.3 is 10.4 Å². The molecular weight excluding hydrogens is 261 g/mol. The number of aromatic carboxylic acids is 1. The number of hydrogen-bond acceptors (Lipinski definition) is 4. The van der Waals surface area contributed by atoms with Crippen molar-refractivity contribution in [1.29, 1.82) is 5.26 Å². The van der Waals surface area contributed by atoms with Crippen LogP contribution in [0.25, 0.3) is 0 Å². The Morgan fingerprint density at radius 1 is 1.40 bits per heavy atom. The highest BCUT2D eigenvalue weighted by atomic mass is 19.1. The van der Waals surface area contributed by atoms with E-state index in [0.717, 1.165) is 6.07 Å². The lowest BCUT2D eigenvalue weighted by atomic mass is 10.2. The topological polar surface area (TPSA) is 86.0 Å². The van der Waals surface area contributed by atoms with Crippen molar-refractivity contribution in [3.05, 3.63) is 59.2 Å². The van der Waals surface area contributed by atoms with E-state index >= 15 is 0 Å². The molecule has 100 valence electrons. The number of nitrogens with one attached hydrogen (secondary N) is 1. The summed E-state index contributed by atoms with van der Waals surface area (Å²) in [7, 11) is 0. The summed E-state index contributed by atoms with van der Waals surface area (Å²) in [5.41, 5.74) is 1.11. The molecule has 0 bridgehead atoms. The van der Waals surface area contributed by atoms with Gasteiger partial charge in [0.15, 0.2) is 0 Å². The summed E-state index contributed by atoms with van der Waals surface area (Å²) >= 11 is 0. The van der Waals surface area contributed by atoms with E-state index in [1.807, 2.05) is 6.07 Å².